The van der Waals surface area contributed by atoms with E-state index < -0.39 is 7.92 Å². The van der Waals surface area contributed by atoms with Crippen LogP contribution in [0.4, 0.5) is 0 Å². The fraction of sp³-hybridized carbons (Fsp3) is 0.107. The van der Waals surface area contributed by atoms with Gasteiger partial charge < -0.3 is 4.74 Å². The summed E-state index contributed by atoms with van der Waals surface area (Å²) in [6.45, 7) is 0. The Balaban J connectivity index is 1.47. The predicted molar refractivity (Wildman–Crippen MR) is 129 cm³/mol. The molecule has 31 heavy (non-hydrogen) atoms. The number of fused-ring (bicyclic) bond motifs is 3. The van der Waals surface area contributed by atoms with Gasteiger partial charge in [-0.25, -0.2) is 4.99 Å². The van der Waals surface area contributed by atoms with Gasteiger partial charge in [0.15, 0.2) is 0 Å². The van der Waals surface area contributed by atoms with Crippen molar-refractivity contribution in [1.82, 2.24) is 0 Å². The molecule has 2 nitrogen and oxygen atoms in total. The second kappa shape index (κ2) is 7.80. The molecule has 1 heterocycles. The van der Waals surface area contributed by atoms with Crippen molar-refractivity contribution in [3.8, 4) is 0 Å². The second-order valence-electron chi connectivity index (χ2n) is 7.96. The minimum Gasteiger partial charge on any atom is -0.471 e. The van der Waals surface area contributed by atoms with Crippen molar-refractivity contribution in [2.45, 2.75) is 18.6 Å². The van der Waals surface area contributed by atoms with Crippen LogP contribution in [-0.2, 0) is 11.2 Å². The highest BCUT2D eigenvalue weighted by molar-refractivity contribution is 7.80. The average molecular weight is 419 g/mol. The standard InChI is InChI=1S/C28H22NOP/c1-3-12-21(13-4-1)31(22-14-5-2-6-15-22)26-18-10-9-17-24(26)28-29-27-23-16-8-7-11-20(23)19-25(27)30-28/h1-18,25,27H,19H2/t25-,27+/m0/s1. The zero-order valence-corrected chi connectivity index (χ0v) is 18.0. The molecule has 4 aromatic rings. The lowest BCUT2D eigenvalue weighted by Gasteiger charge is -2.22. The van der Waals surface area contributed by atoms with Crippen LogP contribution in [0.25, 0.3) is 0 Å². The molecule has 3 heteroatoms. The molecule has 150 valence electrons. The maximum atomic E-state index is 6.48. The van der Waals surface area contributed by atoms with E-state index in [2.05, 4.69) is 109 Å². The Kier molecular flexibility index (Phi) is 4.66. The summed E-state index contributed by atoms with van der Waals surface area (Å²) in [6.07, 6.45) is 1.04. The van der Waals surface area contributed by atoms with Gasteiger partial charge in [-0.3, -0.25) is 0 Å². The van der Waals surface area contributed by atoms with Gasteiger partial charge in [0.05, 0.1) is 0 Å². The summed E-state index contributed by atoms with van der Waals surface area (Å²) < 4.78 is 6.48. The first-order valence-electron chi connectivity index (χ1n) is 10.7. The summed E-state index contributed by atoms with van der Waals surface area (Å²) >= 11 is 0. The molecule has 4 aromatic carbocycles. The highest BCUT2D eigenvalue weighted by Crippen LogP contribution is 2.42. The van der Waals surface area contributed by atoms with Crippen molar-refractivity contribution < 1.29 is 4.74 Å². The highest BCUT2D eigenvalue weighted by Gasteiger charge is 2.40. The van der Waals surface area contributed by atoms with E-state index in [0.717, 1.165) is 17.9 Å². The normalized spacial score (nSPS) is 18.9. The van der Waals surface area contributed by atoms with Gasteiger partial charge in [-0.05, 0) is 41.0 Å². The minimum absolute atomic E-state index is 0.110. The lowest BCUT2D eigenvalue weighted by molar-refractivity contribution is 0.206. The number of nitrogens with zero attached hydrogens (tertiary/aromatic N) is 1. The van der Waals surface area contributed by atoms with Crippen LogP contribution in [0.1, 0.15) is 22.7 Å². The molecule has 0 spiro atoms. The molecule has 0 bridgehead atoms. The summed E-state index contributed by atoms with van der Waals surface area (Å²) in [7, 11) is -0.711. The molecule has 6 rings (SSSR count). The monoisotopic (exact) mass is 419 g/mol. The average Bonchev–Trinajstić information content (AvgIpc) is 3.39. The Hall–Kier alpha value is -3.22. The topological polar surface area (TPSA) is 21.6 Å². The molecule has 2 atom stereocenters. The van der Waals surface area contributed by atoms with Gasteiger partial charge in [0, 0.05) is 12.0 Å². The Morgan fingerprint density at radius 1 is 0.677 bits per heavy atom. The molecule has 0 fully saturated rings. The van der Waals surface area contributed by atoms with Crippen molar-refractivity contribution in [2.24, 2.45) is 4.99 Å². The lowest BCUT2D eigenvalue weighted by atomic mass is 10.1. The summed E-state index contributed by atoms with van der Waals surface area (Å²) in [6, 6.07) is 39.0. The molecular formula is C28H22NOP. The molecule has 0 radical (unpaired) electrons. The van der Waals surface area contributed by atoms with Crippen molar-refractivity contribution in [3.05, 3.63) is 126 Å². The van der Waals surface area contributed by atoms with Gasteiger partial charge in [-0.15, -0.1) is 0 Å². The number of hydrogen-bond acceptors (Lipinski definition) is 2. The van der Waals surface area contributed by atoms with Gasteiger partial charge in [0.1, 0.15) is 12.1 Å². The fourth-order valence-electron chi connectivity index (χ4n) is 4.66. The van der Waals surface area contributed by atoms with E-state index in [1.54, 1.807) is 0 Å². The van der Waals surface area contributed by atoms with Crippen LogP contribution in [0.5, 0.6) is 0 Å². The number of aliphatic imine (C=N–C) groups is 1. The van der Waals surface area contributed by atoms with E-state index in [9.17, 15) is 0 Å². The molecule has 2 aliphatic rings. The van der Waals surface area contributed by atoms with E-state index in [4.69, 9.17) is 9.73 Å². The van der Waals surface area contributed by atoms with E-state index in [1.165, 1.54) is 27.0 Å². The summed E-state index contributed by atoms with van der Waals surface area (Å²) in [5.74, 6) is 0.791. The van der Waals surface area contributed by atoms with E-state index in [1.807, 2.05) is 0 Å². The van der Waals surface area contributed by atoms with Crippen LogP contribution in [0.15, 0.2) is 114 Å². The first-order valence-corrected chi connectivity index (χ1v) is 12.0. The van der Waals surface area contributed by atoms with Crippen molar-refractivity contribution >= 4 is 29.7 Å². The Bertz CT molecular complexity index is 1210. The smallest absolute Gasteiger partial charge is 0.217 e. The second-order valence-corrected chi connectivity index (χ2v) is 10.1. The van der Waals surface area contributed by atoms with Crippen LogP contribution >= 0.6 is 7.92 Å². The summed E-state index contributed by atoms with van der Waals surface area (Å²) in [5, 5.41) is 3.96. The van der Waals surface area contributed by atoms with Gasteiger partial charge in [-0.2, -0.15) is 0 Å². The zero-order valence-electron chi connectivity index (χ0n) is 17.1. The Labute approximate surface area is 184 Å². The molecule has 1 aliphatic heterocycles. The molecular weight excluding hydrogens is 397 g/mol. The third-order valence-corrected chi connectivity index (χ3v) is 8.57. The maximum Gasteiger partial charge on any atom is 0.217 e. The van der Waals surface area contributed by atoms with Crippen LogP contribution in [-0.4, -0.2) is 12.0 Å². The van der Waals surface area contributed by atoms with Crippen molar-refractivity contribution in [3.63, 3.8) is 0 Å². The molecule has 0 saturated carbocycles. The third kappa shape index (κ3) is 3.28. The van der Waals surface area contributed by atoms with Crippen molar-refractivity contribution in [1.29, 1.82) is 0 Å². The predicted octanol–water partition coefficient (Wildman–Crippen LogP) is 4.89. The van der Waals surface area contributed by atoms with E-state index in [0.29, 0.717) is 0 Å². The van der Waals surface area contributed by atoms with Crippen LogP contribution < -0.4 is 15.9 Å². The zero-order chi connectivity index (χ0) is 20.6. The fourth-order valence-corrected chi connectivity index (χ4v) is 7.10. The number of hydrogen-bond donors (Lipinski definition) is 0. The van der Waals surface area contributed by atoms with Crippen LogP contribution in [0.3, 0.4) is 0 Å². The quantitative estimate of drug-likeness (QED) is 0.432. The minimum atomic E-state index is -0.711. The Morgan fingerprint density at radius 3 is 2.03 bits per heavy atom. The lowest BCUT2D eigenvalue weighted by Crippen LogP contribution is -2.26. The molecule has 0 saturated heterocycles. The molecule has 0 amide bonds. The van der Waals surface area contributed by atoms with Crippen LogP contribution in [0, 0.1) is 0 Å². The molecule has 1 aliphatic carbocycles. The first kappa shape index (κ1) is 18.5. The molecule has 0 N–H and O–H groups in total. The number of ether oxygens (including phenoxy) is 1. The van der Waals surface area contributed by atoms with E-state index >= 15 is 0 Å². The number of rotatable bonds is 4. The van der Waals surface area contributed by atoms with Gasteiger partial charge >= 0.3 is 0 Å². The summed E-state index contributed by atoms with van der Waals surface area (Å²) in [5.41, 5.74) is 3.80. The van der Waals surface area contributed by atoms with Crippen molar-refractivity contribution in [2.75, 3.05) is 0 Å². The van der Waals surface area contributed by atoms with Gasteiger partial charge in [0.25, 0.3) is 0 Å². The molecule has 0 unspecified atom stereocenters. The van der Waals surface area contributed by atoms with Gasteiger partial charge in [0.2, 0.25) is 5.90 Å². The number of benzene rings is 4. The Morgan fingerprint density at radius 2 is 1.29 bits per heavy atom. The SMILES string of the molecule is c1ccc(P(c2ccccc2)c2ccccc2C2=N[C@@H]3c4ccccc4C[C@@H]3O2)cc1. The van der Waals surface area contributed by atoms with Gasteiger partial charge in [-0.1, -0.05) is 103 Å². The first-order chi connectivity index (χ1) is 15.4. The largest absolute Gasteiger partial charge is 0.471 e. The highest BCUT2D eigenvalue weighted by atomic mass is 31.1. The maximum absolute atomic E-state index is 6.48. The van der Waals surface area contributed by atoms with E-state index in [-0.39, 0.29) is 12.1 Å². The van der Waals surface area contributed by atoms with Crippen LogP contribution in [0.2, 0.25) is 0 Å². The third-order valence-electron chi connectivity index (χ3n) is 6.07. The summed E-state index contributed by atoms with van der Waals surface area (Å²) in [4.78, 5) is 5.10. The molecule has 0 aromatic heterocycles.